The molecule has 1 amide bonds. The zero-order valence-corrected chi connectivity index (χ0v) is 17.0. The summed E-state index contributed by atoms with van der Waals surface area (Å²) in [6.07, 6.45) is 1.62. The van der Waals surface area contributed by atoms with Gasteiger partial charge in [-0.15, -0.1) is 0 Å². The van der Waals surface area contributed by atoms with E-state index >= 15 is 0 Å². The van der Waals surface area contributed by atoms with E-state index in [1.54, 1.807) is 20.4 Å². The molecule has 7 nitrogen and oxygen atoms in total. The molecule has 0 saturated heterocycles. The molecular formula is C21H21N3O4S. The number of methoxy groups -OCH3 is 1. The first kappa shape index (κ1) is 20.6. The zero-order chi connectivity index (χ0) is 20.6. The second-order valence-corrected chi connectivity index (χ2v) is 7.20. The number of esters is 1. The maximum atomic E-state index is 12.3. The lowest BCUT2D eigenvalue weighted by Crippen LogP contribution is -2.31. The van der Waals surface area contributed by atoms with Crippen molar-refractivity contribution in [1.29, 1.82) is 0 Å². The number of hydrogen-bond acceptors (Lipinski definition) is 7. The molecule has 29 heavy (non-hydrogen) atoms. The molecule has 0 aliphatic rings. The second-order valence-electron chi connectivity index (χ2n) is 6.21. The molecule has 2 aromatic carbocycles. The normalized spacial score (nSPS) is 10.6. The van der Waals surface area contributed by atoms with Crippen LogP contribution in [0.5, 0.6) is 5.75 Å². The van der Waals surface area contributed by atoms with Crippen molar-refractivity contribution in [3.8, 4) is 5.75 Å². The van der Waals surface area contributed by atoms with Crippen molar-refractivity contribution in [3.63, 3.8) is 0 Å². The summed E-state index contributed by atoms with van der Waals surface area (Å²) >= 11 is 1.22. The SMILES string of the molecule is COc1ccccc1CN(C)C(=O)COC(=O)CSc1cnc2ccccc2n1. The quantitative estimate of drug-likeness (QED) is 0.416. The molecule has 0 spiro atoms. The Morgan fingerprint density at radius 3 is 2.59 bits per heavy atom. The minimum atomic E-state index is -0.482. The third-order valence-corrected chi connectivity index (χ3v) is 5.02. The molecule has 0 fully saturated rings. The number of likely N-dealkylation sites (N-methyl/N-ethyl adjacent to an activating group) is 1. The molecule has 0 N–H and O–H groups in total. The number of carbonyl (C=O) groups is 2. The number of ether oxygens (including phenoxy) is 2. The molecule has 1 aromatic heterocycles. The lowest BCUT2D eigenvalue weighted by atomic mass is 10.2. The number of fused-ring (bicyclic) bond motifs is 1. The Hall–Kier alpha value is -3.13. The smallest absolute Gasteiger partial charge is 0.316 e. The first-order valence-corrected chi connectivity index (χ1v) is 9.91. The summed E-state index contributed by atoms with van der Waals surface area (Å²) in [5, 5.41) is 0.625. The molecule has 0 radical (unpaired) electrons. The number of aromatic nitrogens is 2. The highest BCUT2D eigenvalue weighted by molar-refractivity contribution is 7.99. The molecule has 0 atom stereocenters. The third kappa shape index (κ3) is 5.68. The summed E-state index contributed by atoms with van der Waals surface area (Å²) in [5.74, 6) is -0.0166. The highest BCUT2D eigenvalue weighted by Crippen LogP contribution is 2.19. The number of amides is 1. The van der Waals surface area contributed by atoms with Crippen LogP contribution < -0.4 is 4.74 Å². The van der Waals surface area contributed by atoms with Gasteiger partial charge in [-0.2, -0.15) is 0 Å². The van der Waals surface area contributed by atoms with Crippen molar-refractivity contribution in [3.05, 3.63) is 60.3 Å². The number of nitrogens with zero attached hydrogens (tertiary/aromatic N) is 3. The molecule has 0 aliphatic heterocycles. The van der Waals surface area contributed by atoms with Crippen molar-refractivity contribution >= 4 is 34.7 Å². The maximum absolute atomic E-state index is 12.3. The summed E-state index contributed by atoms with van der Waals surface area (Å²) < 4.78 is 10.4. The van der Waals surface area contributed by atoms with Crippen LogP contribution in [0.4, 0.5) is 0 Å². The van der Waals surface area contributed by atoms with Crippen LogP contribution in [-0.2, 0) is 20.9 Å². The molecule has 150 valence electrons. The van der Waals surface area contributed by atoms with Crippen molar-refractivity contribution in [2.24, 2.45) is 0 Å². The number of para-hydroxylation sites is 3. The molecule has 8 heteroatoms. The molecule has 0 unspecified atom stereocenters. The number of carbonyl (C=O) groups excluding carboxylic acids is 2. The van der Waals surface area contributed by atoms with Crippen LogP contribution in [0.15, 0.2) is 59.8 Å². The topological polar surface area (TPSA) is 81.6 Å². The molecule has 3 aromatic rings. The molecule has 0 aliphatic carbocycles. The van der Waals surface area contributed by atoms with Crippen LogP contribution in [0.3, 0.4) is 0 Å². The van der Waals surface area contributed by atoms with Gasteiger partial charge in [0.2, 0.25) is 0 Å². The minimum Gasteiger partial charge on any atom is -0.496 e. The fraction of sp³-hybridized carbons (Fsp3) is 0.238. The van der Waals surface area contributed by atoms with Gasteiger partial charge in [0.05, 0.1) is 30.1 Å². The molecular weight excluding hydrogens is 390 g/mol. The lowest BCUT2D eigenvalue weighted by Gasteiger charge is -2.18. The van der Waals surface area contributed by atoms with Gasteiger partial charge in [-0.1, -0.05) is 42.1 Å². The molecule has 1 heterocycles. The van der Waals surface area contributed by atoms with Crippen LogP contribution in [0.2, 0.25) is 0 Å². The summed E-state index contributed by atoms with van der Waals surface area (Å²) in [4.78, 5) is 34.5. The van der Waals surface area contributed by atoms with Gasteiger partial charge in [0.15, 0.2) is 6.61 Å². The van der Waals surface area contributed by atoms with Crippen molar-refractivity contribution < 1.29 is 19.1 Å². The van der Waals surface area contributed by atoms with Gasteiger partial charge in [-0.3, -0.25) is 14.6 Å². The summed E-state index contributed by atoms with van der Waals surface area (Å²) in [6, 6.07) is 15.0. The van der Waals surface area contributed by atoms with E-state index in [1.807, 2.05) is 48.5 Å². The highest BCUT2D eigenvalue weighted by Gasteiger charge is 2.15. The minimum absolute atomic E-state index is 0.0521. The Labute approximate surface area is 173 Å². The predicted molar refractivity (Wildman–Crippen MR) is 111 cm³/mol. The lowest BCUT2D eigenvalue weighted by molar-refractivity contribution is -0.149. The van der Waals surface area contributed by atoms with Crippen molar-refractivity contribution in [1.82, 2.24) is 14.9 Å². The van der Waals surface area contributed by atoms with E-state index in [0.29, 0.717) is 17.3 Å². The predicted octanol–water partition coefficient (Wildman–Crippen LogP) is 2.93. The van der Waals surface area contributed by atoms with Crippen LogP contribution in [0.25, 0.3) is 11.0 Å². The van der Waals surface area contributed by atoms with Gasteiger partial charge in [-0.25, -0.2) is 4.98 Å². The Balaban J connectivity index is 1.46. The average Bonchev–Trinajstić information content (AvgIpc) is 2.76. The van der Waals surface area contributed by atoms with Crippen LogP contribution >= 0.6 is 11.8 Å². The fourth-order valence-corrected chi connectivity index (χ4v) is 3.25. The number of rotatable bonds is 8. The van der Waals surface area contributed by atoms with Gasteiger partial charge in [-0.05, 0) is 18.2 Å². The summed E-state index contributed by atoms with van der Waals surface area (Å²) in [6.45, 7) is 0.0519. The van der Waals surface area contributed by atoms with Crippen LogP contribution in [0, 0.1) is 0 Å². The van der Waals surface area contributed by atoms with E-state index in [4.69, 9.17) is 9.47 Å². The number of benzene rings is 2. The first-order valence-electron chi connectivity index (χ1n) is 8.93. The van der Waals surface area contributed by atoms with E-state index in [1.165, 1.54) is 16.7 Å². The Bertz CT molecular complexity index is 1010. The molecule has 0 saturated carbocycles. The van der Waals surface area contributed by atoms with Gasteiger partial charge in [0.25, 0.3) is 5.91 Å². The highest BCUT2D eigenvalue weighted by atomic mass is 32.2. The Morgan fingerprint density at radius 1 is 1.07 bits per heavy atom. The second kappa shape index (κ2) is 9.88. The maximum Gasteiger partial charge on any atom is 0.316 e. The van der Waals surface area contributed by atoms with Crippen LogP contribution in [-0.4, -0.2) is 53.3 Å². The van der Waals surface area contributed by atoms with Gasteiger partial charge >= 0.3 is 5.97 Å². The first-order chi connectivity index (χ1) is 14.1. The standard InChI is InChI=1S/C21H21N3O4S/c1-24(12-15-7-3-6-10-18(15)27-2)20(25)13-28-21(26)14-29-19-11-22-16-8-4-5-9-17(16)23-19/h3-11H,12-14H2,1-2H3. The van der Waals surface area contributed by atoms with E-state index in [-0.39, 0.29) is 18.3 Å². The van der Waals surface area contributed by atoms with Crippen molar-refractivity contribution in [2.45, 2.75) is 11.6 Å². The van der Waals surface area contributed by atoms with Crippen molar-refractivity contribution in [2.75, 3.05) is 26.5 Å². The number of hydrogen-bond donors (Lipinski definition) is 0. The molecule has 3 rings (SSSR count). The summed E-state index contributed by atoms with van der Waals surface area (Å²) in [5.41, 5.74) is 2.43. The van der Waals surface area contributed by atoms with Gasteiger partial charge < -0.3 is 14.4 Å². The number of thioether (sulfide) groups is 1. The Kier molecular flexibility index (Phi) is 7.02. The largest absolute Gasteiger partial charge is 0.496 e. The average molecular weight is 411 g/mol. The van der Waals surface area contributed by atoms with E-state index < -0.39 is 5.97 Å². The summed E-state index contributed by atoms with van der Waals surface area (Å²) in [7, 11) is 3.24. The Morgan fingerprint density at radius 2 is 1.79 bits per heavy atom. The van der Waals surface area contributed by atoms with E-state index in [2.05, 4.69) is 9.97 Å². The fourth-order valence-electron chi connectivity index (χ4n) is 2.61. The van der Waals surface area contributed by atoms with Gasteiger partial charge in [0.1, 0.15) is 10.8 Å². The molecule has 0 bridgehead atoms. The van der Waals surface area contributed by atoms with E-state index in [0.717, 1.165) is 16.6 Å². The third-order valence-electron chi connectivity index (χ3n) is 4.15. The van der Waals surface area contributed by atoms with Crippen LogP contribution in [0.1, 0.15) is 5.56 Å². The zero-order valence-electron chi connectivity index (χ0n) is 16.2. The van der Waals surface area contributed by atoms with Gasteiger partial charge in [0, 0.05) is 19.2 Å². The van der Waals surface area contributed by atoms with E-state index in [9.17, 15) is 9.59 Å². The monoisotopic (exact) mass is 411 g/mol.